The Kier molecular flexibility index (Phi) is 5.91. The number of Topliss-reactive ketones (excluding diaryl/α,β-unsaturated/α-hetero) is 1. The van der Waals surface area contributed by atoms with E-state index >= 15 is 0 Å². The fourth-order valence-corrected chi connectivity index (χ4v) is 2.24. The van der Waals surface area contributed by atoms with Crippen molar-refractivity contribution in [1.82, 2.24) is 0 Å². The Hall–Kier alpha value is -2.16. The van der Waals surface area contributed by atoms with E-state index in [9.17, 15) is 9.59 Å². The van der Waals surface area contributed by atoms with Gasteiger partial charge in [0.1, 0.15) is 0 Å². The highest BCUT2D eigenvalue weighted by Crippen LogP contribution is 2.24. The molecule has 1 aromatic carbocycles. The molecule has 0 spiro atoms. The van der Waals surface area contributed by atoms with Crippen molar-refractivity contribution in [3.05, 3.63) is 58.7 Å². The largest absolute Gasteiger partial charge is 0.481 e. The average Bonchev–Trinajstić information content (AvgIpc) is 2.43. The maximum atomic E-state index is 12.5. The average molecular weight is 272 g/mol. The van der Waals surface area contributed by atoms with Crippen LogP contribution in [0.25, 0.3) is 0 Å². The number of hydrogen-bond acceptors (Lipinski definition) is 2. The maximum absolute atomic E-state index is 12.5. The van der Waals surface area contributed by atoms with Gasteiger partial charge in [0.15, 0.2) is 5.78 Å². The van der Waals surface area contributed by atoms with Gasteiger partial charge >= 0.3 is 5.97 Å². The Bertz CT molecular complexity index is 551. The molecule has 1 aromatic rings. The smallest absolute Gasteiger partial charge is 0.307 e. The monoisotopic (exact) mass is 272 g/mol. The quantitative estimate of drug-likeness (QED) is 0.483. The molecule has 3 heteroatoms. The van der Waals surface area contributed by atoms with E-state index in [-0.39, 0.29) is 12.2 Å². The number of carboxylic acids is 1. The first-order valence-corrected chi connectivity index (χ1v) is 6.68. The van der Waals surface area contributed by atoms with E-state index in [2.05, 4.69) is 0 Å². The molecule has 0 fully saturated rings. The Morgan fingerprint density at radius 3 is 2.25 bits per heavy atom. The summed E-state index contributed by atoms with van der Waals surface area (Å²) in [6, 6.07) is 9.04. The van der Waals surface area contributed by atoms with Crippen molar-refractivity contribution < 1.29 is 14.7 Å². The number of benzene rings is 1. The van der Waals surface area contributed by atoms with Gasteiger partial charge in [-0.2, -0.15) is 0 Å². The SMILES string of the molecule is C/C=C(C(=O)c1ccccc1)\C(CC)=C(/C)CC(=O)O. The van der Waals surface area contributed by atoms with Crippen LogP contribution in [0, 0.1) is 0 Å². The molecular formula is C17H20O3. The second-order valence-electron chi connectivity index (χ2n) is 4.58. The summed E-state index contributed by atoms with van der Waals surface area (Å²) in [7, 11) is 0. The predicted octanol–water partition coefficient (Wildman–Crippen LogP) is 4.02. The molecule has 0 aliphatic heterocycles. The Labute approximate surface area is 119 Å². The van der Waals surface area contributed by atoms with Crippen LogP contribution >= 0.6 is 0 Å². The third-order valence-electron chi connectivity index (χ3n) is 3.18. The first-order valence-electron chi connectivity index (χ1n) is 6.68. The third-order valence-corrected chi connectivity index (χ3v) is 3.18. The number of hydrogen-bond donors (Lipinski definition) is 1. The van der Waals surface area contributed by atoms with E-state index in [1.54, 1.807) is 32.1 Å². The summed E-state index contributed by atoms with van der Waals surface area (Å²) in [6.45, 7) is 5.51. The first-order chi connectivity index (χ1) is 9.51. The van der Waals surface area contributed by atoms with Crippen molar-refractivity contribution in [2.24, 2.45) is 0 Å². The molecule has 0 radical (unpaired) electrons. The van der Waals surface area contributed by atoms with Gasteiger partial charge in [0.2, 0.25) is 0 Å². The van der Waals surface area contributed by atoms with Crippen LogP contribution in [0.15, 0.2) is 53.1 Å². The van der Waals surface area contributed by atoms with E-state index in [0.29, 0.717) is 17.6 Å². The molecule has 0 heterocycles. The van der Waals surface area contributed by atoms with Crippen molar-refractivity contribution >= 4 is 11.8 Å². The maximum Gasteiger partial charge on any atom is 0.307 e. The summed E-state index contributed by atoms with van der Waals surface area (Å²) in [5.41, 5.74) is 2.77. The lowest BCUT2D eigenvalue weighted by Crippen LogP contribution is -2.08. The van der Waals surface area contributed by atoms with Crippen LogP contribution in [-0.2, 0) is 4.79 Å². The Balaban J connectivity index is 3.18. The zero-order valence-electron chi connectivity index (χ0n) is 12.1. The van der Waals surface area contributed by atoms with Crippen molar-refractivity contribution in [3.8, 4) is 0 Å². The van der Waals surface area contributed by atoms with E-state index in [1.807, 2.05) is 25.1 Å². The third kappa shape index (κ3) is 3.92. The summed E-state index contributed by atoms with van der Waals surface area (Å²) >= 11 is 0. The Morgan fingerprint density at radius 1 is 1.20 bits per heavy atom. The topological polar surface area (TPSA) is 54.4 Å². The van der Waals surface area contributed by atoms with Gasteiger partial charge in [0.25, 0.3) is 0 Å². The van der Waals surface area contributed by atoms with Crippen LogP contribution in [0.5, 0.6) is 0 Å². The highest BCUT2D eigenvalue weighted by molar-refractivity contribution is 6.11. The van der Waals surface area contributed by atoms with Gasteiger partial charge in [-0.3, -0.25) is 9.59 Å². The normalized spacial score (nSPS) is 12.8. The van der Waals surface area contributed by atoms with Crippen LogP contribution in [-0.4, -0.2) is 16.9 Å². The summed E-state index contributed by atoms with van der Waals surface area (Å²) < 4.78 is 0. The minimum atomic E-state index is -0.879. The fourth-order valence-electron chi connectivity index (χ4n) is 2.24. The molecule has 0 aromatic heterocycles. The summed E-state index contributed by atoms with van der Waals surface area (Å²) in [4.78, 5) is 23.4. The van der Waals surface area contributed by atoms with E-state index in [4.69, 9.17) is 5.11 Å². The van der Waals surface area contributed by atoms with Gasteiger partial charge in [-0.05, 0) is 25.8 Å². The number of rotatable bonds is 6. The number of carbonyl (C=O) groups is 2. The van der Waals surface area contributed by atoms with Gasteiger partial charge in [0, 0.05) is 11.1 Å². The van der Waals surface area contributed by atoms with Crippen LogP contribution in [0.2, 0.25) is 0 Å². The van der Waals surface area contributed by atoms with Gasteiger partial charge in [-0.1, -0.05) is 48.9 Å². The molecule has 20 heavy (non-hydrogen) atoms. The molecule has 0 saturated heterocycles. The molecule has 0 aliphatic rings. The van der Waals surface area contributed by atoms with Crippen LogP contribution in [0.1, 0.15) is 44.0 Å². The zero-order chi connectivity index (χ0) is 15.1. The molecule has 0 saturated carbocycles. The highest BCUT2D eigenvalue weighted by atomic mass is 16.4. The number of aliphatic carboxylic acids is 1. The zero-order valence-corrected chi connectivity index (χ0v) is 12.1. The van der Waals surface area contributed by atoms with E-state index < -0.39 is 5.97 Å². The lowest BCUT2D eigenvalue weighted by molar-refractivity contribution is -0.136. The number of ketones is 1. The van der Waals surface area contributed by atoms with Crippen LogP contribution in [0.3, 0.4) is 0 Å². The molecule has 3 nitrogen and oxygen atoms in total. The molecule has 0 amide bonds. The summed E-state index contributed by atoms with van der Waals surface area (Å²) in [5, 5.41) is 8.90. The molecule has 0 atom stereocenters. The van der Waals surface area contributed by atoms with Crippen molar-refractivity contribution in [3.63, 3.8) is 0 Å². The van der Waals surface area contributed by atoms with Crippen molar-refractivity contribution in [2.45, 2.75) is 33.6 Å². The molecule has 106 valence electrons. The second-order valence-corrected chi connectivity index (χ2v) is 4.58. The summed E-state index contributed by atoms with van der Waals surface area (Å²) in [6.07, 6.45) is 2.36. The predicted molar refractivity (Wildman–Crippen MR) is 79.8 cm³/mol. The molecule has 0 unspecified atom stereocenters. The minimum absolute atomic E-state index is 0.0391. The van der Waals surface area contributed by atoms with Crippen molar-refractivity contribution in [1.29, 1.82) is 0 Å². The van der Waals surface area contributed by atoms with Crippen LogP contribution in [0.4, 0.5) is 0 Å². The second kappa shape index (κ2) is 7.43. The van der Waals surface area contributed by atoms with Gasteiger partial charge in [-0.15, -0.1) is 0 Å². The molecular weight excluding hydrogens is 252 g/mol. The number of carboxylic acid groups (broad SMARTS) is 1. The fraction of sp³-hybridized carbons (Fsp3) is 0.294. The van der Waals surface area contributed by atoms with Crippen molar-refractivity contribution in [2.75, 3.05) is 0 Å². The minimum Gasteiger partial charge on any atom is -0.481 e. The van der Waals surface area contributed by atoms with E-state index in [0.717, 1.165) is 11.1 Å². The van der Waals surface area contributed by atoms with E-state index in [1.165, 1.54) is 0 Å². The molecule has 0 bridgehead atoms. The van der Waals surface area contributed by atoms with Gasteiger partial charge in [0.05, 0.1) is 6.42 Å². The highest BCUT2D eigenvalue weighted by Gasteiger charge is 2.17. The van der Waals surface area contributed by atoms with Crippen LogP contribution < -0.4 is 0 Å². The number of allylic oxidation sites excluding steroid dienone is 3. The molecule has 1 N–H and O–H groups in total. The summed E-state index contributed by atoms with van der Waals surface area (Å²) in [5.74, 6) is -0.939. The first kappa shape index (κ1) is 15.9. The van der Waals surface area contributed by atoms with Gasteiger partial charge < -0.3 is 5.11 Å². The lowest BCUT2D eigenvalue weighted by Gasteiger charge is -2.13. The standard InChI is InChI=1S/C17H20O3/c1-4-14(12(3)11-16(18)19)15(5-2)17(20)13-9-7-6-8-10-13/h5-10H,4,11H2,1-3H3,(H,18,19)/b14-12+,15-5+. The Morgan fingerprint density at radius 2 is 1.80 bits per heavy atom. The van der Waals surface area contributed by atoms with Gasteiger partial charge in [-0.25, -0.2) is 0 Å². The molecule has 0 aliphatic carbocycles. The number of carbonyl (C=O) groups excluding carboxylic acids is 1. The molecule has 1 rings (SSSR count). The lowest BCUT2D eigenvalue weighted by atomic mass is 9.90.